The van der Waals surface area contributed by atoms with Crippen LogP contribution in [0.1, 0.15) is 206 Å². The Morgan fingerprint density at radius 1 is 0.535 bits per heavy atom. The number of hydrogen-bond donors (Lipinski definition) is 1. The van der Waals surface area contributed by atoms with E-state index in [1.54, 1.807) is 0 Å². The number of ether oxygens (including phenoxy) is 1. The summed E-state index contributed by atoms with van der Waals surface area (Å²) in [6.45, 7) is 6.59. The monoisotopic (exact) mass is 609 g/mol. The fourth-order valence-corrected chi connectivity index (χ4v) is 6.39. The second-order valence-electron chi connectivity index (χ2n) is 13.7. The molecule has 0 rings (SSSR count). The van der Waals surface area contributed by atoms with Crippen LogP contribution in [-0.4, -0.2) is 44.8 Å². The van der Waals surface area contributed by atoms with E-state index in [1.165, 1.54) is 193 Å². The van der Waals surface area contributed by atoms with Crippen molar-refractivity contribution in [3.63, 3.8) is 0 Å². The van der Waals surface area contributed by atoms with Gasteiger partial charge in [-0.1, -0.05) is 194 Å². The second kappa shape index (κ2) is 35.7. The molecule has 0 unspecified atom stereocenters. The van der Waals surface area contributed by atoms with Gasteiger partial charge in [0.05, 0.1) is 0 Å². The van der Waals surface area contributed by atoms with E-state index >= 15 is 0 Å². The van der Waals surface area contributed by atoms with Crippen LogP contribution in [0.3, 0.4) is 0 Å². The Morgan fingerprint density at radius 3 is 1.14 bits per heavy atom. The van der Waals surface area contributed by atoms with Gasteiger partial charge in [-0.25, -0.2) is 4.79 Å². The Balaban J connectivity index is 4.00. The number of rotatable bonds is 35. The van der Waals surface area contributed by atoms with Gasteiger partial charge in [-0.15, -0.1) is 0 Å². The summed E-state index contributed by atoms with van der Waals surface area (Å²) in [7, 11) is 3.81. The minimum absolute atomic E-state index is 0.165. The normalized spacial score (nSPS) is 11.5. The average molecular weight is 609 g/mol. The minimum atomic E-state index is -0.165. The Bertz CT molecular complexity index is 509. The molecule has 0 saturated carbocycles. The summed E-state index contributed by atoms with van der Waals surface area (Å²) in [4.78, 5) is 14.3. The van der Waals surface area contributed by atoms with Crippen molar-refractivity contribution < 1.29 is 9.53 Å². The van der Waals surface area contributed by atoms with Crippen molar-refractivity contribution in [2.24, 2.45) is 5.92 Å². The number of carbonyl (C=O) groups is 1. The maximum absolute atomic E-state index is 12.4. The van der Waals surface area contributed by atoms with Crippen LogP contribution in [0.5, 0.6) is 0 Å². The van der Waals surface area contributed by atoms with Gasteiger partial charge in [0, 0.05) is 20.1 Å². The standard InChI is InChI=1S/C39H80N2O2/c1-5-7-9-11-13-15-17-19-21-23-25-27-29-31-33-38(37-41(4)39(42)43-36-35-40-3)34-32-30-28-26-24-22-20-18-16-14-12-10-8-6-2/h38,40H,5-37H2,1-4H3. The molecule has 4 heteroatoms. The molecular weight excluding hydrogens is 528 g/mol. The summed E-state index contributed by atoms with van der Waals surface area (Å²) in [6, 6.07) is 0. The fourth-order valence-electron chi connectivity index (χ4n) is 6.39. The van der Waals surface area contributed by atoms with Crippen molar-refractivity contribution in [3.8, 4) is 0 Å². The molecule has 0 aliphatic rings. The number of nitrogens with one attached hydrogen (secondary N) is 1. The molecule has 258 valence electrons. The quantitative estimate of drug-likeness (QED) is 0.0728. The van der Waals surface area contributed by atoms with Crippen LogP contribution in [-0.2, 0) is 4.74 Å². The molecule has 0 aromatic rings. The first-order chi connectivity index (χ1) is 21.2. The third kappa shape index (κ3) is 32.4. The Labute approximate surface area is 271 Å². The highest BCUT2D eigenvalue weighted by Gasteiger charge is 2.16. The molecule has 0 atom stereocenters. The SMILES string of the molecule is CCCCCCCCCCCCCCCCC(CCCCCCCCCCCCCCCC)CN(C)C(=O)OCCNC. The van der Waals surface area contributed by atoms with E-state index in [4.69, 9.17) is 4.74 Å². The van der Waals surface area contributed by atoms with Gasteiger partial charge in [0.1, 0.15) is 6.61 Å². The number of unbranched alkanes of at least 4 members (excludes halogenated alkanes) is 26. The molecule has 0 radical (unpaired) electrons. The highest BCUT2D eigenvalue weighted by atomic mass is 16.6. The van der Waals surface area contributed by atoms with E-state index in [-0.39, 0.29) is 6.09 Å². The summed E-state index contributed by atoms with van der Waals surface area (Å²) in [5.41, 5.74) is 0. The lowest BCUT2D eigenvalue weighted by Crippen LogP contribution is -2.33. The van der Waals surface area contributed by atoms with E-state index in [1.807, 2.05) is 19.0 Å². The smallest absolute Gasteiger partial charge is 0.409 e. The highest BCUT2D eigenvalue weighted by Crippen LogP contribution is 2.21. The van der Waals surface area contributed by atoms with Gasteiger partial charge in [0.15, 0.2) is 0 Å². The molecule has 1 amide bonds. The molecule has 0 fully saturated rings. The summed E-state index contributed by atoms with van der Waals surface area (Å²) in [5, 5.41) is 3.05. The second-order valence-corrected chi connectivity index (χ2v) is 13.7. The van der Waals surface area contributed by atoms with E-state index in [9.17, 15) is 4.79 Å². The van der Waals surface area contributed by atoms with Gasteiger partial charge in [-0.2, -0.15) is 0 Å². The number of carbonyl (C=O) groups excluding carboxylic acids is 1. The molecule has 0 bridgehead atoms. The van der Waals surface area contributed by atoms with Crippen LogP contribution in [0.25, 0.3) is 0 Å². The molecule has 4 nitrogen and oxygen atoms in total. The summed E-state index contributed by atoms with van der Waals surface area (Å²) < 4.78 is 5.42. The van der Waals surface area contributed by atoms with Gasteiger partial charge < -0.3 is 15.0 Å². The maximum Gasteiger partial charge on any atom is 0.409 e. The van der Waals surface area contributed by atoms with Crippen molar-refractivity contribution in [3.05, 3.63) is 0 Å². The third-order valence-corrected chi connectivity index (χ3v) is 9.35. The zero-order valence-corrected chi connectivity index (χ0v) is 30.2. The van der Waals surface area contributed by atoms with E-state index in [2.05, 4.69) is 19.2 Å². The first kappa shape index (κ1) is 42.2. The Hall–Kier alpha value is -0.770. The van der Waals surface area contributed by atoms with Gasteiger partial charge in [0.2, 0.25) is 0 Å². The van der Waals surface area contributed by atoms with Crippen molar-refractivity contribution in [1.29, 1.82) is 0 Å². The lowest BCUT2D eigenvalue weighted by Gasteiger charge is -2.24. The number of likely N-dealkylation sites (N-methyl/N-ethyl adjacent to an activating group) is 1. The minimum Gasteiger partial charge on any atom is -0.448 e. The van der Waals surface area contributed by atoms with Crippen LogP contribution in [0.2, 0.25) is 0 Å². The number of nitrogens with zero attached hydrogens (tertiary/aromatic N) is 1. The topological polar surface area (TPSA) is 41.6 Å². The number of amides is 1. The first-order valence-corrected chi connectivity index (χ1v) is 19.7. The van der Waals surface area contributed by atoms with Crippen LogP contribution < -0.4 is 5.32 Å². The van der Waals surface area contributed by atoms with Crippen LogP contribution >= 0.6 is 0 Å². The predicted octanol–water partition coefficient (Wildman–Crippen LogP) is 12.6. The van der Waals surface area contributed by atoms with Gasteiger partial charge in [-0.3, -0.25) is 0 Å². The number of hydrogen-bond acceptors (Lipinski definition) is 3. The zero-order valence-electron chi connectivity index (χ0n) is 30.2. The largest absolute Gasteiger partial charge is 0.448 e. The molecule has 0 aromatic carbocycles. The Kier molecular flexibility index (Phi) is 35.1. The Morgan fingerprint density at radius 2 is 0.837 bits per heavy atom. The van der Waals surface area contributed by atoms with Crippen LogP contribution in [0.4, 0.5) is 4.79 Å². The lowest BCUT2D eigenvalue weighted by molar-refractivity contribution is 0.105. The lowest BCUT2D eigenvalue weighted by atomic mass is 9.93. The fraction of sp³-hybridized carbons (Fsp3) is 0.974. The van der Waals surface area contributed by atoms with Crippen molar-refractivity contribution in [2.45, 2.75) is 206 Å². The van der Waals surface area contributed by atoms with Crippen molar-refractivity contribution in [1.82, 2.24) is 10.2 Å². The molecule has 43 heavy (non-hydrogen) atoms. The maximum atomic E-state index is 12.4. The van der Waals surface area contributed by atoms with E-state index in [0.717, 1.165) is 6.54 Å². The molecule has 0 heterocycles. The van der Waals surface area contributed by atoms with Crippen molar-refractivity contribution >= 4 is 6.09 Å². The van der Waals surface area contributed by atoms with Gasteiger partial charge in [-0.05, 0) is 25.8 Å². The molecular formula is C39H80N2O2. The molecule has 0 aliphatic heterocycles. The molecule has 0 spiro atoms. The predicted molar refractivity (Wildman–Crippen MR) is 191 cm³/mol. The summed E-state index contributed by atoms with van der Waals surface area (Å²) >= 11 is 0. The van der Waals surface area contributed by atoms with Crippen LogP contribution in [0, 0.1) is 5.92 Å². The van der Waals surface area contributed by atoms with Gasteiger partial charge in [0.25, 0.3) is 0 Å². The molecule has 0 aromatic heterocycles. The molecule has 1 N–H and O–H groups in total. The van der Waals surface area contributed by atoms with E-state index < -0.39 is 0 Å². The summed E-state index contributed by atoms with van der Waals surface area (Å²) in [5.74, 6) is 0.608. The van der Waals surface area contributed by atoms with E-state index in [0.29, 0.717) is 19.1 Å². The summed E-state index contributed by atoms with van der Waals surface area (Å²) in [6.07, 6.45) is 41.8. The molecule has 0 saturated heterocycles. The zero-order chi connectivity index (χ0) is 31.5. The van der Waals surface area contributed by atoms with Crippen molar-refractivity contribution in [2.75, 3.05) is 33.8 Å². The van der Waals surface area contributed by atoms with Gasteiger partial charge >= 0.3 is 6.09 Å². The molecule has 0 aliphatic carbocycles. The first-order valence-electron chi connectivity index (χ1n) is 19.7. The third-order valence-electron chi connectivity index (χ3n) is 9.35. The average Bonchev–Trinajstić information content (AvgIpc) is 3.01. The van der Waals surface area contributed by atoms with Crippen LogP contribution in [0.15, 0.2) is 0 Å². The highest BCUT2D eigenvalue weighted by molar-refractivity contribution is 5.67.